The normalized spacial score (nSPS) is 6.00. The first-order chi connectivity index (χ1) is 3.91. The Morgan fingerprint density at radius 1 is 1.50 bits per heavy atom. The van der Waals surface area contributed by atoms with E-state index in [1.54, 1.807) is 0 Å². The summed E-state index contributed by atoms with van der Waals surface area (Å²) in [6.07, 6.45) is 1.40. The smallest absolute Gasteiger partial charge is 0.135 e. The number of H-pyrrole nitrogens is 1. The molecule has 4 nitrogen and oxygen atoms in total. The lowest BCUT2D eigenvalue weighted by Gasteiger charge is -1.42. The zero-order chi connectivity index (χ0) is 6.24. The third-order valence-electron chi connectivity index (χ3n) is 0.270. The highest BCUT2D eigenvalue weighted by Gasteiger charge is 1.58. The van der Waals surface area contributed by atoms with Gasteiger partial charge < -0.3 is 0 Å². The van der Waals surface area contributed by atoms with Crippen LogP contribution in [0.25, 0.3) is 0 Å². The van der Waals surface area contributed by atoms with Crippen molar-refractivity contribution in [1.82, 2.24) is 20.6 Å². The molecule has 0 aliphatic carbocycles. The van der Waals surface area contributed by atoms with Gasteiger partial charge in [-0.15, -0.1) is 10.8 Å². The molecule has 0 unspecified atom stereocenters. The van der Waals surface area contributed by atoms with E-state index in [2.05, 4.69) is 39.5 Å². The second-order valence-electron chi connectivity index (χ2n) is 0.813. The first-order valence-corrected chi connectivity index (χ1v) is 1.88. The van der Waals surface area contributed by atoms with Gasteiger partial charge in [-0.2, -0.15) is 0 Å². The largest absolute Gasteiger partial charge is 0.246 e. The van der Waals surface area contributed by atoms with Crippen molar-refractivity contribution in [3.05, 3.63) is 25.2 Å². The fourth-order valence-corrected chi connectivity index (χ4v) is 0.129. The molecule has 0 bridgehead atoms. The average molecular weight is 110 g/mol. The van der Waals surface area contributed by atoms with Gasteiger partial charge in [0.2, 0.25) is 0 Å². The molecule has 0 aliphatic heterocycles. The third kappa shape index (κ3) is 4.59. The molecule has 42 valence electrons. The SMILES string of the molecule is C=C=C.c1nnn[nH]1. The van der Waals surface area contributed by atoms with Gasteiger partial charge in [0.1, 0.15) is 6.33 Å². The number of nitrogens with zero attached hydrogens (tertiary/aromatic N) is 3. The first kappa shape index (κ1) is 6.59. The summed E-state index contributed by atoms with van der Waals surface area (Å²) in [6.45, 7) is 6.25. The summed E-state index contributed by atoms with van der Waals surface area (Å²) >= 11 is 0. The molecule has 0 saturated heterocycles. The van der Waals surface area contributed by atoms with Crippen molar-refractivity contribution in [3.63, 3.8) is 0 Å². The van der Waals surface area contributed by atoms with Crippen LogP contribution in [0.4, 0.5) is 0 Å². The predicted molar refractivity (Wildman–Crippen MR) is 28.9 cm³/mol. The maximum atomic E-state index is 3.31. The van der Waals surface area contributed by atoms with Crippen LogP contribution in [0.1, 0.15) is 0 Å². The maximum absolute atomic E-state index is 3.31. The molecule has 1 rings (SSSR count). The number of hydrogen-bond donors (Lipinski definition) is 1. The fourth-order valence-electron chi connectivity index (χ4n) is 0.129. The quantitative estimate of drug-likeness (QED) is 0.484. The lowest BCUT2D eigenvalue weighted by molar-refractivity contribution is 0.881. The van der Waals surface area contributed by atoms with Gasteiger partial charge in [-0.1, -0.05) is 13.2 Å². The molecule has 8 heavy (non-hydrogen) atoms. The van der Waals surface area contributed by atoms with Crippen LogP contribution in [0.15, 0.2) is 25.2 Å². The number of tetrazole rings is 1. The van der Waals surface area contributed by atoms with Gasteiger partial charge in [-0.3, -0.25) is 0 Å². The first-order valence-electron chi connectivity index (χ1n) is 1.88. The van der Waals surface area contributed by atoms with Gasteiger partial charge in [-0.25, -0.2) is 5.10 Å². The topological polar surface area (TPSA) is 54.5 Å². The predicted octanol–water partition coefficient (Wildman–Crippen LogP) is 0.157. The maximum Gasteiger partial charge on any atom is 0.135 e. The monoisotopic (exact) mass is 110 g/mol. The average Bonchev–Trinajstić information content (AvgIpc) is 2.17. The molecule has 0 saturated carbocycles. The molecule has 0 atom stereocenters. The zero-order valence-electron chi connectivity index (χ0n) is 4.33. The standard InChI is InChI=1S/C3H4.CH2N4/c1-3-2;1-2-4-5-3-1/h1-2H2;1H,(H,2,3,4,5). The molecule has 4 heteroatoms. The van der Waals surface area contributed by atoms with Crippen molar-refractivity contribution in [2.45, 2.75) is 0 Å². The molecule has 0 fully saturated rings. The Morgan fingerprint density at radius 2 is 2.12 bits per heavy atom. The summed E-state index contributed by atoms with van der Waals surface area (Å²) in [4.78, 5) is 0. The second kappa shape index (κ2) is 5.59. The van der Waals surface area contributed by atoms with Gasteiger partial charge in [-0.05, 0) is 10.4 Å². The molecular weight excluding hydrogens is 104 g/mol. The summed E-state index contributed by atoms with van der Waals surface area (Å²) in [7, 11) is 0. The van der Waals surface area contributed by atoms with E-state index in [0.717, 1.165) is 0 Å². The van der Waals surface area contributed by atoms with Crippen LogP contribution in [-0.4, -0.2) is 20.6 Å². The zero-order valence-corrected chi connectivity index (χ0v) is 4.33. The van der Waals surface area contributed by atoms with E-state index in [1.807, 2.05) is 0 Å². The van der Waals surface area contributed by atoms with Crippen molar-refractivity contribution in [1.29, 1.82) is 0 Å². The summed E-state index contributed by atoms with van der Waals surface area (Å²) in [5.74, 6) is 0. The minimum Gasteiger partial charge on any atom is -0.246 e. The Balaban J connectivity index is 0.000000145. The number of aromatic nitrogens is 4. The van der Waals surface area contributed by atoms with E-state index in [1.165, 1.54) is 6.33 Å². The molecule has 0 aromatic carbocycles. The van der Waals surface area contributed by atoms with E-state index in [0.29, 0.717) is 0 Å². The van der Waals surface area contributed by atoms with Crippen molar-refractivity contribution < 1.29 is 0 Å². The van der Waals surface area contributed by atoms with Gasteiger partial charge in [0.15, 0.2) is 0 Å². The van der Waals surface area contributed by atoms with Crippen molar-refractivity contribution in [2.75, 3.05) is 0 Å². The van der Waals surface area contributed by atoms with Gasteiger partial charge in [0.05, 0.1) is 0 Å². The Labute approximate surface area is 46.9 Å². The molecule has 1 heterocycles. The summed E-state index contributed by atoms with van der Waals surface area (Å²) in [5, 5.41) is 12.1. The minimum absolute atomic E-state index is 1.40. The van der Waals surface area contributed by atoms with E-state index in [9.17, 15) is 0 Å². The van der Waals surface area contributed by atoms with Crippen LogP contribution < -0.4 is 0 Å². The lowest BCUT2D eigenvalue weighted by atomic mass is 11.0. The summed E-state index contributed by atoms with van der Waals surface area (Å²) in [5.41, 5.74) is 2.25. The molecule has 0 spiro atoms. The molecule has 0 aliphatic rings. The van der Waals surface area contributed by atoms with E-state index < -0.39 is 0 Å². The van der Waals surface area contributed by atoms with Crippen LogP contribution in [0.5, 0.6) is 0 Å². The molecule has 1 aromatic rings. The molecule has 0 radical (unpaired) electrons. The molecule has 1 aromatic heterocycles. The lowest BCUT2D eigenvalue weighted by Crippen LogP contribution is -1.64. The van der Waals surface area contributed by atoms with Crippen LogP contribution in [0, 0.1) is 0 Å². The highest BCUT2D eigenvalue weighted by molar-refractivity contribution is 4.51. The molecule has 1 N–H and O–H groups in total. The number of rotatable bonds is 0. The van der Waals surface area contributed by atoms with Crippen LogP contribution in [0.2, 0.25) is 0 Å². The van der Waals surface area contributed by atoms with Gasteiger partial charge in [0.25, 0.3) is 0 Å². The second-order valence-corrected chi connectivity index (χ2v) is 0.813. The Morgan fingerprint density at radius 3 is 2.25 bits per heavy atom. The Kier molecular flexibility index (Phi) is 4.60. The fraction of sp³-hybridized carbons (Fsp3) is 0. The number of nitrogens with one attached hydrogen (secondary N) is 1. The van der Waals surface area contributed by atoms with Crippen molar-refractivity contribution >= 4 is 0 Å². The van der Waals surface area contributed by atoms with Gasteiger partial charge in [0, 0.05) is 0 Å². The van der Waals surface area contributed by atoms with E-state index in [4.69, 9.17) is 0 Å². The number of hydrogen-bond acceptors (Lipinski definition) is 3. The Bertz CT molecular complexity index is 120. The highest BCUT2D eigenvalue weighted by atomic mass is 15.5. The highest BCUT2D eigenvalue weighted by Crippen LogP contribution is 1.43. The van der Waals surface area contributed by atoms with Gasteiger partial charge >= 0.3 is 0 Å². The van der Waals surface area contributed by atoms with E-state index in [-0.39, 0.29) is 0 Å². The molecular formula is C4H6N4. The van der Waals surface area contributed by atoms with E-state index >= 15 is 0 Å². The summed E-state index contributed by atoms with van der Waals surface area (Å²) in [6, 6.07) is 0. The van der Waals surface area contributed by atoms with Crippen molar-refractivity contribution in [2.24, 2.45) is 0 Å². The number of aromatic amines is 1. The summed E-state index contributed by atoms with van der Waals surface area (Å²) < 4.78 is 0. The Hall–Kier alpha value is -1.41. The van der Waals surface area contributed by atoms with Crippen LogP contribution in [-0.2, 0) is 0 Å². The van der Waals surface area contributed by atoms with Crippen LogP contribution >= 0.6 is 0 Å². The minimum atomic E-state index is 1.40. The van der Waals surface area contributed by atoms with Crippen molar-refractivity contribution in [3.8, 4) is 0 Å². The van der Waals surface area contributed by atoms with Crippen LogP contribution in [0.3, 0.4) is 0 Å². The molecule has 0 amide bonds. The third-order valence-corrected chi connectivity index (χ3v) is 0.270.